The van der Waals surface area contributed by atoms with E-state index in [2.05, 4.69) is 180 Å². The number of anilines is 4. The first kappa shape index (κ1) is 26.9. The van der Waals surface area contributed by atoms with Crippen molar-refractivity contribution in [3.8, 4) is 11.1 Å². The number of thioether (sulfide) groups is 1. The maximum atomic E-state index is 3.90. The van der Waals surface area contributed by atoms with Crippen LogP contribution >= 0.6 is 11.8 Å². The van der Waals surface area contributed by atoms with Crippen LogP contribution in [0.5, 0.6) is 0 Å². The second-order valence-corrected chi connectivity index (χ2v) is 12.9. The van der Waals surface area contributed by atoms with Crippen molar-refractivity contribution >= 4 is 66.8 Å². The SMILES string of the molecule is c1ccc(C2Nc3c(c4ccccc4c4ccc(-c5ccc(N(c6ccccc6)c6cccc7ccccc67)cc5)cc34)S2)cc1. The molecule has 0 fully saturated rings. The number of fused-ring (bicyclic) bond motifs is 7. The normalized spacial score (nSPS) is 14.0. The highest BCUT2D eigenvalue weighted by Crippen LogP contribution is 2.53. The lowest BCUT2D eigenvalue weighted by Gasteiger charge is -2.27. The second kappa shape index (κ2) is 11.1. The van der Waals surface area contributed by atoms with Gasteiger partial charge in [-0.05, 0) is 74.6 Å². The summed E-state index contributed by atoms with van der Waals surface area (Å²) in [5, 5.41) is 11.7. The maximum Gasteiger partial charge on any atom is 0.103 e. The summed E-state index contributed by atoms with van der Waals surface area (Å²) in [5.41, 5.74) is 8.37. The highest BCUT2D eigenvalue weighted by atomic mass is 32.2. The average Bonchev–Trinajstić information content (AvgIpc) is 3.59. The lowest BCUT2D eigenvalue weighted by Crippen LogP contribution is -2.10. The highest BCUT2D eigenvalue weighted by molar-refractivity contribution is 8.00. The molecule has 1 unspecified atom stereocenters. The third-order valence-electron chi connectivity index (χ3n) is 9.07. The molecule has 3 heteroatoms. The fourth-order valence-electron chi connectivity index (χ4n) is 6.87. The molecule has 9 rings (SSSR count). The molecular weight excluding hydrogens is 577 g/mol. The van der Waals surface area contributed by atoms with Gasteiger partial charge in [0.1, 0.15) is 5.37 Å². The van der Waals surface area contributed by atoms with Crippen molar-refractivity contribution in [1.29, 1.82) is 0 Å². The van der Waals surface area contributed by atoms with Gasteiger partial charge in [0.15, 0.2) is 0 Å². The molecule has 8 aromatic rings. The summed E-state index contributed by atoms with van der Waals surface area (Å²) < 4.78 is 0. The summed E-state index contributed by atoms with van der Waals surface area (Å²) in [6, 6.07) is 61.3. The van der Waals surface area contributed by atoms with Gasteiger partial charge in [-0.3, -0.25) is 0 Å². The van der Waals surface area contributed by atoms with Crippen LogP contribution in [0.2, 0.25) is 0 Å². The molecule has 1 aliphatic rings. The number of hydrogen-bond donors (Lipinski definition) is 1. The fourth-order valence-corrected chi connectivity index (χ4v) is 8.17. The van der Waals surface area contributed by atoms with Crippen LogP contribution < -0.4 is 10.2 Å². The van der Waals surface area contributed by atoms with Crippen LogP contribution in [0.25, 0.3) is 43.4 Å². The van der Waals surface area contributed by atoms with Gasteiger partial charge in [-0.1, -0.05) is 145 Å². The third kappa shape index (κ3) is 4.51. The molecule has 0 aliphatic carbocycles. The van der Waals surface area contributed by atoms with Crippen molar-refractivity contribution in [1.82, 2.24) is 0 Å². The van der Waals surface area contributed by atoms with E-state index in [1.54, 1.807) is 0 Å². The molecule has 1 atom stereocenters. The molecule has 1 heterocycles. The Kier molecular flexibility index (Phi) is 6.50. The molecule has 8 aromatic carbocycles. The minimum absolute atomic E-state index is 0.186. The molecule has 0 spiro atoms. The summed E-state index contributed by atoms with van der Waals surface area (Å²) in [5.74, 6) is 0. The summed E-state index contributed by atoms with van der Waals surface area (Å²) in [7, 11) is 0. The Morgan fingerprint density at radius 3 is 1.87 bits per heavy atom. The van der Waals surface area contributed by atoms with Gasteiger partial charge in [0, 0.05) is 27.0 Å². The molecule has 2 nitrogen and oxygen atoms in total. The van der Waals surface area contributed by atoms with E-state index in [1.807, 2.05) is 11.8 Å². The molecule has 1 N–H and O–H groups in total. The van der Waals surface area contributed by atoms with Crippen LogP contribution in [-0.2, 0) is 0 Å². The van der Waals surface area contributed by atoms with Crippen molar-refractivity contribution in [2.75, 3.05) is 10.2 Å². The zero-order valence-electron chi connectivity index (χ0n) is 25.1. The Morgan fingerprint density at radius 1 is 0.457 bits per heavy atom. The van der Waals surface area contributed by atoms with E-state index in [1.165, 1.54) is 65.3 Å². The summed E-state index contributed by atoms with van der Waals surface area (Å²) in [4.78, 5) is 3.69. The Hall–Kier alpha value is -5.51. The Morgan fingerprint density at radius 2 is 1.07 bits per heavy atom. The average molecular weight is 607 g/mol. The Balaban J connectivity index is 1.15. The quantitative estimate of drug-likeness (QED) is 0.196. The van der Waals surface area contributed by atoms with Crippen LogP contribution in [0.3, 0.4) is 0 Å². The van der Waals surface area contributed by atoms with Crippen LogP contribution in [0.1, 0.15) is 10.9 Å². The Bertz CT molecular complexity index is 2360. The molecule has 46 heavy (non-hydrogen) atoms. The smallest absolute Gasteiger partial charge is 0.103 e. The molecule has 0 bridgehead atoms. The van der Waals surface area contributed by atoms with Crippen molar-refractivity contribution in [2.24, 2.45) is 0 Å². The Labute approximate surface area is 272 Å². The summed E-state index contributed by atoms with van der Waals surface area (Å²) in [6.45, 7) is 0. The molecule has 0 saturated heterocycles. The minimum Gasteiger partial charge on any atom is -0.368 e. The van der Waals surface area contributed by atoms with Crippen LogP contribution in [0.15, 0.2) is 175 Å². The zero-order chi connectivity index (χ0) is 30.5. The molecule has 0 saturated carbocycles. The first-order chi connectivity index (χ1) is 22.8. The van der Waals surface area contributed by atoms with Gasteiger partial charge in [0.05, 0.1) is 11.4 Å². The van der Waals surface area contributed by atoms with Gasteiger partial charge in [-0.25, -0.2) is 0 Å². The van der Waals surface area contributed by atoms with Gasteiger partial charge in [0.25, 0.3) is 0 Å². The standard InChI is InChI=1S/C43H30N2S/c1-3-13-31(14-4-1)43-44-41-39-28-32(24-27-37(39)36-19-9-10-20-38(36)42(41)46-43)29-22-25-34(26-23-29)45(33-16-5-2-6-17-33)40-21-11-15-30-12-7-8-18-35(30)40/h1-28,43-44H. The van der Waals surface area contributed by atoms with Gasteiger partial charge >= 0.3 is 0 Å². The largest absolute Gasteiger partial charge is 0.368 e. The van der Waals surface area contributed by atoms with Crippen molar-refractivity contribution in [3.63, 3.8) is 0 Å². The second-order valence-electron chi connectivity index (χ2n) is 11.8. The first-order valence-electron chi connectivity index (χ1n) is 15.7. The van der Waals surface area contributed by atoms with E-state index in [9.17, 15) is 0 Å². The van der Waals surface area contributed by atoms with Crippen molar-refractivity contribution in [3.05, 3.63) is 175 Å². The number of benzene rings is 8. The molecule has 0 amide bonds. The van der Waals surface area contributed by atoms with Gasteiger partial charge in [-0.2, -0.15) is 0 Å². The van der Waals surface area contributed by atoms with E-state index in [0.29, 0.717) is 0 Å². The van der Waals surface area contributed by atoms with Crippen molar-refractivity contribution < 1.29 is 0 Å². The predicted molar refractivity (Wildman–Crippen MR) is 198 cm³/mol. The topological polar surface area (TPSA) is 15.3 Å². The minimum atomic E-state index is 0.186. The van der Waals surface area contributed by atoms with Crippen LogP contribution in [0, 0.1) is 0 Å². The number of nitrogens with one attached hydrogen (secondary N) is 1. The zero-order valence-corrected chi connectivity index (χ0v) is 25.9. The predicted octanol–water partition coefficient (Wildman–Crippen LogP) is 12.5. The summed E-state index contributed by atoms with van der Waals surface area (Å²) in [6.07, 6.45) is 0. The van der Waals surface area contributed by atoms with Gasteiger partial charge < -0.3 is 10.2 Å². The third-order valence-corrected chi connectivity index (χ3v) is 10.4. The van der Waals surface area contributed by atoms with E-state index >= 15 is 0 Å². The lowest BCUT2D eigenvalue weighted by molar-refractivity contribution is 1.14. The maximum absolute atomic E-state index is 3.90. The molecule has 1 aliphatic heterocycles. The highest BCUT2D eigenvalue weighted by Gasteiger charge is 2.27. The van der Waals surface area contributed by atoms with Gasteiger partial charge in [0.2, 0.25) is 0 Å². The first-order valence-corrected chi connectivity index (χ1v) is 16.6. The van der Waals surface area contributed by atoms with Gasteiger partial charge in [-0.15, -0.1) is 0 Å². The summed E-state index contributed by atoms with van der Waals surface area (Å²) >= 11 is 1.92. The van der Waals surface area contributed by atoms with Crippen molar-refractivity contribution in [2.45, 2.75) is 10.3 Å². The number of nitrogens with zero attached hydrogens (tertiary/aromatic N) is 1. The monoisotopic (exact) mass is 606 g/mol. The molecule has 218 valence electrons. The van der Waals surface area contributed by atoms with Crippen LogP contribution in [0.4, 0.5) is 22.7 Å². The number of para-hydroxylation sites is 1. The molecule has 0 aromatic heterocycles. The lowest BCUT2D eigenvalue weighted by atomic mass is 9.95. The molecular formula is C43H30N2S. The van der Waals surface area contributed by atoms with E-state index in [4.69, 9.17) is 0 Å². The number of hydrogen-bond acceptors (Lipinski definition) is 3. The van der Waals surface area contributed by atoms with E-state index in [0.717, 1.165) is 11.4 Å². The van der Waals surface area contributed by atoms with Crippen LogP contribution in [-0.4, -0.2) is 0 Å². The van der Waals surface area contributed by atoms with E-state index in [-0.39, 0.29) is 5.37 Å². The number of rotatable bonds is 5. The van der Waals surface area contributed by atoms with E-state index < -0.39 is 0 Å². The molecule has 0 radical (unpaired) electrons. The fraction of sp³-hybridized carbons (Fsp3) is 0.0233.